The molecule has 0 spiro atoms. The first-order valence-electron chi connectivity index (χ1n) is 8.27. The van der Waals surface area contributed by atoms with E-state index >= 15 is 0 Å². The van der Waals surface area contributed by atoms with Crippen LogP contribution in [-0.2, 0) is 14.8 Å². The first-order chi connectivity index (χ1) is 13.2. The van der Waals surface area contributed by atoms with E-state index < -0.39 is 10.0 Å². The number of nitrogens with one attached hydrogen (secondary N) is 1. The van der Waals surface area contributed by atoms with Gasteiger partial charge in [-0.2, -0.15) is 0 Å². The van der Waals surface area contributed by atoms with Crippen LogP contribution in [0.5, 0.6) is 0 Å². The van der Waals surface area contributed by atoms with Crippen LogP contribution in [0, 0.1) is 13.8 Å². The van der Waals surface area contributed by atoms with Gasteiger partial charge in [0.15, 0.2) is 5.16 Å². The molecular formula is C18H19N5O3S2. The summed E-state index contributed by atoms with van der Waals surface area (Å²) in [5.74, 6) is -0.213. The number of carbonyl (C=O) groups is 1. The minimum absolute atomic E-state index is 0.0624. The van der Waals surface area contributed by atoms with Crippen LogP contribution in [0.15, 0.2) is 58.8 Å². The van der Waals surface area contributed by atoms with Crippen LogP contribution in [0.3, 0.4) is 0 Å². The van der Waals surface area contributed by atoms with Gasteiger partial charge in [-0.25, -0.2) is 13.6 Å². The van der Waals surface area contributed by atoms with E-state index in [0.29, 0.717) is 10.8 Å². The number of nitrogens with zero attached hydrogens (tertiary/aromatic N) is 3. The molecule has 0 saturated heterocycles. The third kappa shape index (κ3) is 4.77. The van der Waals surface area contributed by atoms with Crippen LogP contribution in [-0.4, -0.2) is 34.8 Å². The van der Waals surface area contributed by atoms with Crippen LogP contribution in [0.25, 0.3) is 5.69 Å². The summed E-state index contributed by atoms with van der Waals surface area (Å²) in [6, 6.07) is 11.9. The molecule has 0 saturated carbocycles. The molecule has 0 atom stereocenters. The number of rotatable bonds is 6. The van der Waals surface area contributed by atoms with E-state index in [1.54, 1.807) is 12.4 Å². The Kier molecular flexibility index (Phi) is 5.82. The van der Waals surface area contributed by atoms with Crippen LogP contribution < -0.4 is 10.5 Å². The van der Waals surface area contributed by atoms with Crippen molar-refractivity contribution in [2.75, 3.05) is 11.1 Å². The number of carbonyl (C=O) groups excluding carboxylic acids is 1. The van der Waals surface area contributed by atoms with E-state index in [4.69, 9.17) is 5.14 Å². The Bertz CT molecular complexity index is 1130. The summed E-state index contributed by atoms with van der Waals surface area (Å²) in [7, 11) is -3.83. The normalized spacial score (nSPS) is 11.4. The van der Waals surface area contributed by atoms with E-state index in [9.17, 15) is 13.2 Å². The number of benzene rings is 2. The zero-order chi connectivity index (χ0) is 20.3. The van der Waals surface area contributed by atoms with Crippen molar-refractivity contribution in [1.29, 1.82) is 0 Å². The standard InChI is InChI=1S/C18H19N5O3S2/c1-12-6-7-13(2)16(8-12)23-11-20-22-18(23)27-10-17(24)21-14-4-3-5-15(9-14)28(19,25)26/h3-9,11H,10H2,1-2H3,(H,21,24)(H2,19,25,26). The fourth-order valence-electron chi connectivity index (χ4n) is 2.55. The lowest BCUT2D eigenvalue weighted by Crippen LogP contribution is -2.16. The molecule has 1 aromatic heterocycles. The largest absolute Gasteiger partial charge is 0.325 e. The Morgan fingerprint density at radius 1 is 1.21 bits per heavy atom. The van der Waals surface area contributed by atoms with E-state index in [2.05, 4.69) is 15.5 Å². The molecule has 2 aromatic carbocycles. The number of nitrogens with two attached hydrogens (primary N) is 1. The summed E-state index contributed by atoms with van der Waals surface area (Å²) in [5, 5.41) is 16.4. The molecule has 1 amide bonds. The molecule has 0 unspecified atom stereocenters. The van der Waals surface area contributed by atoms with E-state index in [-0.39, 0.29) is 16.6 Å². The van der Waals surface area contributed by atoms with Gasteiger partial charge in [-0.3, -0.25) is 9.36 Å². The molecule has 3 rings (SSSR count). The fourth-order valence-corrected chi connectivity index (χ4v) is 3.83. The Hall–Kier alpha value is -2.69. The zero-order valence-electron chi connectivity index (χ0n) is 15.3. The van der Waals surface area contributed by atoms with Crippen molar-refractivity contribution in [3.05, 3.63) is 59.9 Å². The zero-order valence-corrected chi connectivity index (χ0v) is 16.9. The lowest BCUT2D eigenvalue weighted by atomic mass is 10.1. The molecule has 0 bridgehead atoms. The molecule has 3 N–H and O–H groups in total. The number of sulfonamides is 1. The SMILES string of the molecule is Cc1ccc(C)c(-n2cnnc2SCC(=O)Nc2cccc(S(N)(=O)=O)c2)c1. The number of thioether (sulfide) groups is 1. The van der Waals surface area contributed by atoms with Gasteiger partial charge in [0.05, 0.1) is 16.3 Å². The summed E-state index contributed by atoms with van der Waals surface area (Å²) < 4.78 is 24.7. The Balaban J connectivity index is 1.70. The van der Waals surface area contributed by atoms with Gasteiger partial charge in [0, 0.05) is 5.69 Å². The first kappa shape index (κ1) is 20.1. The van der Waals surface area contributed by atoms with Crippen LogP contribution in [0.1, 0.15) is 11.1 Å². The van der Waals surface area contributed by atoms with Gasteiger partial charge in [0.25, 0.3) is 0 Å². The Morgan fingerprint density at radius 3 is 2.75 bits per heavy atom. The lowest BCUT2D eigenvalue weighted by Gasteiger charge is -2.10. The molecule has 28 heavy (non-hydrogen) atoms. The van der Waals surface area contributed by atoms with E-state index in [0.717, 1.165) is 16.8 Å². The van der Waals surface area contributed by atoms with E-state index in [1.165, 1.54) is 30.0 Å². The molecule has 0 radical (unpaired) electrons. The maximum atomic E-state index is 12.3. The van der Waals surface area contributed by atoms with Crippen LogP contribution >= 0.6 is 11.8 Å². The molecule has 1 heterocycles. The average molecular weight is 418 g/mol. The van der Waals surface area contributed by atoms with E-state index in [1.807, 2.05) is 36.6 Å². The maximum Gasteiger partial charge on any atom is 0.238 e. The highest BCUT2D eigenvalue weighted by molar-refractivity contribution is 7.99. The van der Waals surface area contributed by atoms with Crippen LogP contribution in [0.4, 0.5) is 5.69 Å². The van der Waals surface area contributed by atoms with Crippen LogP contribution in [0.2, 0.25) is 0 Å². The summed E-state index contributed by atoms with van der Waals surface area (Å²) >= 11 is 1.23. The van der Waals surface area contributed by atoms with Gasteiger partial charge in [-0.05, 0) is 49.2 Å². The molecule has 0 aliphatic rings. The van der Waals surface area contributed by atoms with Crippen molar-refractivity contribution in [2.24, 2.45) is 5.14 Å². The molecular weight excluding hydrogens is 398 g/mol. The Labute approximate surface area is 167 Å². The smallest absolute Gasteiger partial charge is 0.238 e. The summed E-state index contributed by atoms with van der Waals surface area (Å²) in [6.45, 7) is 4.00. The molecule has 3 aromatic rings. The molecule has 0 aliphatic carbocycles. The third-order valence-electron chi connectivity index (χ3n) is 3.92. The Morgan fingerprint density at radius 2 is 2.00 bits per heavy atom. The predicted octanol–water partition coefficient (Wildman–Crippen LogP) is 2.26. The second-order valence-electron chi connectivity index (χ2n) is 6.18. The minimum Gasteiger partial charge on any atom is -0.325 e. The van der Waals surface area contributed by atoms with Crippen molar-refractivity contribution in [2.45, 2.75) is 23.9 Å². The van der Waals surface area contributed by atoms with Crippen molar-refractivity contribution >= 4 is 33.4 Å². The number of amides is 1. The topological polar surface area (TPSA) is 120 Å². The highest BCUT2D eigenvalue weighted by atomic mass is 32.2. The predicted molar refractivity (Wildman–Crippen MR) is 108 cm³/mol. The lowest BCUT2D eigenvalue weighted by molar-refractivity contribution is -0.113. The number of hydrogen-bond donors (Lipinski definition) is 2. The van der Waals surface area contributed by atoms with Crippen molar-refractivity contribution in [3.8, 4) is 5.69 Å². The first-order valence-corrected chi connectivity index (χ1v) is 10.8. The van der Waals surface area contributed by atoms with Gasteiger partial charge in [-0.15, -0.1) is 10.2 Å². The minimum atomic E-state index is -3.83. The number of primary sulfonamides is 1. The quantitative estimate of drug-likeness (QED) is 0.594. The maximum absolute atomic E-state index is 12.3. The average Bonchev–Trinajstić information content (AvgIpc) is 3.10. The number of aryl methyl sites for hydroxylation is 2. The summed E-state index contributed by atoms with van der Waals surface area (Å²) in [4.78, 5) is 12.2. The van der Waals surface area contributed by atoms with Gasteiger partial charge in [0.1, 0.15) is 6.33 Å². The number of anilines is 1. The molecule has 8 nitrogen and oxygen atoms in total. The summed E-state index contributed by atoms with van der Waals surface area (Å²) in [6.07, 6.45) is 1.61. The van der Waals surface area contributed by atoms with Gasteiger partial charge in [0.2, 0.25) is 15.9 Å². The number of hydrogen-bond acceptors (Lipinski definition) is 6. The second-order valence-corrected chi connectivity index (χ2v) is 8.69. The highest BCUT2D eigenvalue weighted by Crippen LogP contribution is 2.23. The fraction of sp³-hybridized carbons (Fsp3) is 0.167. The monoisotopic (exact) mass is 417 g/mol. The second kappa shape index (κ2) is 8.13. The van der Waals surface area contributed by atoms with Gasteiger partial charge >= 0.3 is 0 Å². The van der Waals surface area contributed by atoms with Gasteiger partial charge < -0.3 is 5.32 Å². The molecule has 146 valence electrons. The van der Waals surface area contributed by atoms with Crippen molar-refractivity contribution < 1.29 is 13.2 Å². The highest BCUT2D eigenvalue weighted by Gasteiger charge is 2.13. The van der Waals surface area contributed by atoms with Crippen molar-refractivity contribution in [1.82, 2.24) is 14.8 Å². The summed E-state index contributed by atoms with van der Waals surface area (Å²) in [5.41, 5.74) is 3.48. The third-order valence-corrected chi connectivity index (χ3v) is 5.77. The molecule has 0 fully saturated rings. The van der Waals surface area contributed by atoms with Gasteiger partial charge in [-0.1, -0.05) is 30.0 Å². The number of aromatic nitrogens is 3. The molecule has 0 aliphatic heterocycles. The van der Waals surface area contributed by atoms with Crippen molar-refractivity contribution in [3.63, 3.8) is 0 Å². The molecule has 10 heteroatoms.